The second-order valence-electron chi connectivity index (χ2n) is 6.82. The van der Waals surface area contributed by atoms with Gasteiger partial charge in [0.15, 0.2) is 0 Å². The molecule has 112 valence electrons. The average Bonchev–Trinajstić information content (AvgIpc) is 3.20. The van der Waals surface area contributed by atoms with Gasteiger partial charge in [0.1, 0.15) is 5.76 Å². The smallest absolute Gasteiger partial charge is 0.256 e. The van der Waals surface area contributed by atoms with Gasteiger partial charge in [0.25, 0.3) is 5.91 Å². The SMILES string of the molecule is CCc1cc(C)cc(C2CC2)c1C1=C(O)C(C)(C)NC1=O. The number of benzene rings is 1. The van der Waals surface area contributed by atoms with Crippen LogP contribution in [0.2, 0.25) is 0 Å². The molecule has 3 heteroatoms. The normalized spacial score (nSPS) is 20.9. The highest BCUT2D eigenvalue weighted by atomic mass is 16.3. The van der Waals surface area contributed by atoms with Gasteiger partial charge in [-0.2, -0.15) is 0 Å². The summed E-state index contributed by atoms with van der Waals surface area (Å²) in [6.45, 7) is 7.87. The predicted molar refractivity (Wildman–Crippen MR) is 84.3 cm³/mol. The molecule has 1 amide bonds. The van der Waals surface area contributed by atoms with Crippen LogP contribution in [0.3, 0.4) is 0 Å². The Morgan fingerprint density at radius 3 is 2.48 bits per heavy atom. The van der Waals surface area contributed by atoms with Gasteiger partial charge in [-0.3, -0.25) is 4.79 Å². The molecule has 0 atom stereocenters. The van der Waals surface area contributed by atoms with Crippen LogP contribution in [0.1, 0.15) is 61.8 Å². The van der Waals surface area contributed by atoms with Gasteiger partial charge in [-0.25, -0.2) is 0 Å². The average molecular weight is 285 g/mol. The summed E-state index contributed by atoms with van der Waals surface area (Å²) in [4.78, 5) is 12.4. The quantitative estimate of drug-likeness (QED) is 0.891. The fourth-order valence-electron chi connectivity index (χ4n) is 3.25. The number of hydrogen-bond donors (Lipinski definition) is 2. The molecule has 1 saturated carbocycles. The van der Waals surface area contributed by atoms with Gasteiger partial charge < -0.3 is 10.4 Å². The second-order valence-corrected chi connectivity index (χ2v) is 6.82. The lowest BCUT2D eigenvalue weighted by Crippen LogP contribution is -2.38. The molecule has 1 aliphatic carbocycles. The maximum atomic E-state index is 12.4. The summed E-state index contributed by atoms with van der Waals surface area (Å²) >= 11 is 0. The van der Waals surface area contributed by atoms with E-state index < -0.39 is 5.54 Å². The van der Waals surface area contributed by atoms with Crippen molar-refractivity contribution in [3.8, 4) is 0 Å². The molecule has 1 aromatic carbocycles. The Hall–Kier alpha value is -1.77. The first-order valence-corrected chi connectivity index (χ1v) is 7.75. The molecule has 1 aromatic rings. The summed E-state index contributed by atoms with van der Waals surface area (Å²) < 4.78 is 0. The number of rotatable bonds is 3. The standard InChI is InChI=1S/C18H23NO2/c1-5-11-8-10(2)9-13(12-6-7-12)14(11)15-16(20)18(3,4)19-17(15)21/h8-9,12,20H,5-7H2,1-4H3,(H,19,21). The lowest BCUT2D eigenvalue weighted by molar-refractivity contribution is -0.115. The number of aliphatic hydroxyl groups is 1. The van der Waals surface area contributed by atoms with Crippen LogP contribution in [-0.4, -0.2) is 16.6 Å². The molecular weight excluding hydrogens is 262 g/mol. The van der Waals surface area contributed by atoms with Crippen LogP contribution in [0.15, 0.2) is 17.9 Å². The number of hydrogen-bond acceptors (Lipinski definition) is 2. The van der Waals surface area contributed by atoms with Crippen molar-refractivity contribution in [2.24, 2.45) is 0 Å². The summed E-state index contributed by atoms with van der Waals surface area (Å²) in [6.07, 6.45) is 3.22. The molecule has 1 heterocycles. The number of aliphatic hydroxyl groups excluding tert-OH is 1. The van der Waals surface area contributed by atoms with E-state index in [2.05, 4.69) is 31.3 Å². The van der Waals surface area contributed by atoms with Crippen LogP contribution < -0.4 is 5.32 Å². The highest BCUT2D eigenvalue weighted by molar-refractivity contribution is 6.24. The van der Waals surface area contributed by atoms with Gasteiger partial charge >= 0.3 is 0 Å². The van der Waals surface area contributed by atoms with Crippen LogP contribution in [0.4, 0.5) is 0 Å². The molecule has 3 rings (SSSR count). The molecular formula is C18H23NO2. The van der Waals surface area contributed by atoms with E-state index in [0.717, 1.165) is 17.5 Å². The lowest BCUT2D eigenvalue weighted by Gasteiger charge is -2.18. The molecule has 0 radical (unpaired) electrons. The topological polar surface area (TPSA) is 49.3 Å². The number of carbonyl (C=O) groups excluding carboxylic acids is 1. The lowest BCUT2D eigenvalue weighted by atomic mass is 9.87. The molecule has 0 spiro atoms. The van der Waals surface area contributed by atoms with E-state index in [0.29, 0.717) is 11.5 Å². The van der Waals surface area contributed by atoms with Gasteiger partial charge in [-0.1, -0.05) is 24.6 Å². The Balaban J connectivity index is 2.27. The van der Waals surface area contributed by atoms with Crippen molar-refractivity contribution < 1.29 is 9.90 Å². The third kappa shape index (κ3) is 2.25. The molecule has 0 aromatic heterocycles. The first kappa shape index (κ1) is 14.2. The van der Waals surface area contributed by atoms with Crippen LogP contribution in [-0.2, 0) is 11.2 Å². The van der Waals surface area contributed by atoms with Crippen molar-refractivity contribution in [2.75, 3.05) is 0 Å². The molecule has 21 heavy (non-hydrogen) atoms. The Morgan fingerprint density at radius 2 is 2.00 bits per heavy atom. The minimum absolute atomic E-state index is 0.155. The van der Waals surface area contributed by atoms with Crippen LogP contribution in [0, 0.1) is 6.92 Å². The Kier molecular flexibility index (Phi) is 3.12. The Bertz CT molecular complexity index is 651. The largest absolute Gasteiger partial charge is 0.509 e. The molecule has 3 nitrogen and oxygen atoms in total. The second kappa shape index (κ2) is 4.62. The van der Waals surface area contributed by atoms with Gasteiger partial charge in [-0.15, -0.1) is 0 Å². The maximum Gasteiger partial charge on any atom is 0.256 e. The van der Waals surface area contributed by atoms with E-state index in [4.69, 9.17) is 0 Å². The maximum absolute atomic E-state index is 12.4. The van der Waals surface area contributed by atoms with Crippen molar-refractivity contribution in [1.82, 2.24) is 5.32 Å². The summed E-state index contributed by atoms with van der Waals surface area (Å²) in [6, 6.07) is 4.32. The zero-order valence-corrected chi connectivity index (χ0v) is 13.2. The molecule has 2 aliphatic rings. The van der Waals surface area contributed by atoms with Gasteiger partial charge in [0.2, 0.25) is 0 Å². The van der Waals surface area contributed by atoms with Crippen molar-refractivity contribution >= 4 is 11.5 Å². The molecule has 1 fully saturated rings. The first-order chi connectivity index (χ1) is 9.85. The van der Waals surface area contributed by atoms with Crippen molar-refractivity contribution in [1.29, 1.82) is 0 Å². The molecule has 1 aliphatic heterocycles. The number of aryl methyl sites for hydroxylation is 2. The van der Waals surface area contributed by atoms with Gasteiger partial charge in [0, 0.05) is 0 Å². The highest BCUT2D eigenvalue weighted by Gasteiger charge is 2.41. The molecule has 0 saturated heterocycles. The van der Waals surface area contributed by atoms with E-state index >= 15 is 0 Å². The van der Waals surface area contributed by atoms with Crippen LogP contribution in [0.25, 0.3) is 5.57 Å². The zero-order valence-electron chi connectivity index (χ0n) is 13.2. The van der Waals surface area contributed by atoms with Gasteiger partial charge in [0.05, 0.1) is 11.1 Å². The minimum Gasteiger partial charge on any atom is -0.509 e. The summed E-state index contributed by atoms with van der Waals surface area (Å²) in [5, 5.41) is 13.4. The number of carbonyl (C=O) groups is 1. The monoisotopic (exact) mass is 285 g/mol. The zero-order chi connectivity index (χ0) is 15.4. The summed E-state index contributed by atoms with van der Waals surface area (Å²) in [5.41, 5.74) is 4.41. The fourth-order valence-corrected chi connectivity index (χ4v) is 3.25. The Morgan fingerprint density at radius 1 is 1.33 bits per heavy atom. The third-order valence-corrected chi connectivity index (χ3v) is 4.52. The third-order valence-electron chi connectivity index (χ3n) is 4.52. The van der Waals surface area contributed by atoms with Crippen molar-refractivity contribution in [2.45, 2.75) is 58.4 Å². The van der Waals surface area contributed by atoms with Crippen molar-refractivity contribution in [3.63, 3.8) is 0 Å². The van der Waals surface area contributed by atoms with E-state index in [1.165, 1.54) is 24.0 Å². The number of amides is 1. The molecule has 0 bridgehead atoms. The highest BCUT2D eigenvalue weighted by Crippen LogP contribution is 2.46. The van der Waals surface area contributed by atoms with E-state index in [-0.39, 0.29) is 11.7 Å². The summed E-state index contributed by atoms with van der Waals surface area (Å²) in [5.74, 6) is 0.563. The Labute approximate surface area is 126 Å². The van der Waals surface area contributed by atoms with Gasteiger partial charge in [-0.05, 0) is 62.6 Å². The molecule has 0 unspecified atom stereocenters. The van der Waals surface area contributed by atoms with E-state index in [9.17, 15) is 9.90 Å². The van der Waals surface area contributed by atoms with Crippen molar-refractivity contribution in [3.05, 3.63) is 40.1 Å². The fraction of sp³-hybridized carbons (Fsp3) is 0.500. The van der Waals surface area contributed by atoms with E-state index in [1.54, 1.807) is 0 Å². The minimum atomic E-state index is -0.677. The van der Waals surface area contributed by atoms with Crippen LogP contribution >= 0.6 is 0 Å². The number of nitrogens with one attached hydrogen (secondary N) is 1. The molecule has 2 N–H and O–H groups in total. The van der Waals surface area contributed by atoms with Crippen LogP contribution in [0.5, 0.6) is 0 Å². The van der Waals surface area contributed by atoms with E-state index in [1.807, 2.05) is 13.8 Å². The summed E-state index contributed by atoms with van der Waals surface area (Å²) in [7, 11) is 0. The predicted octanol–water partition coefficient (Wildman–Crippen LogP) is 3.61. The first-order valence-electron chi connectivity index (χ1n) is 7.75.